The number of ether oxygens (including phenoxy) is 1. The highest BCUT2D eigenvalue weighted by Crippen LogP contribution is 2.27. The van der Waals surface area contributed by atoms with Crippen LogP contribution in [0.2, 0.25) is 0 Å². The van der Waals surface area contributed by atoms with Gasteiger partial charge in [-0.05, 0) is 18.6 Å². The SMILES string of the molecule is CC(C)(C)C(=O)N1CCCn2nc(COc3ccccc3)cc21. The molecule has 3 rings (SSSR count). The van der Waals surface area contributed by atoms with Gasteiger partial charge < -0.3 is 4.74 Å². The Morgan fingerprint density at radius 2 is 1.96 bits per heavy atom. The van der Waals surface area contributed by atoms with Gasteiger partial charge in [0, 0.05) is 24.6 Å². The summed E-state index contributed by atoms with van der Waals surface area (Å²) in [6.07, 6.45) is 0.926. The summed E-state index contributed by atoms with van der Waals surface area (Å²) in [7, 11) is 0. The molecule has 1 aliphatic heterocycles. The van der Waals surface area contributed by atoms with E-state index in [0.717, 1.165) is 36.8 Å². The number of fused-ring (bicyclic) bond motifs is 1. The molecular weight excluding hydrogens is 290 g/mol. The lowest BCUT2D eigenvalue weighted by Gasteiger charge is -2.32. The second-order valence-corrected chi connectivity index (χ2v) is 6.88. The average molecular weight is 313 g/mol. The topological polar surface area (TPSA) is 47.4 Å². The van der Waals surface area contributed by atoms with Gasteiger partial charge >= 0.3 is 0 Å². The molecule has 1 aromatic carbocycles. The van der Waals surface area contributed by atoms with Crippen LogP contribution in [0.3, 0.4) is 0 Å². The molecule has 0 spiro atoms. The van der Waals surface area contributed by atoms with Gasteiger partial charge in [0.15, 0.2) is 0 Å². The molecule has 5 heteroatoms. The summed E-state index contributed by atoms with van der Waals surface area (Å²) in [6.45, 7) is 7.84. The first-order valence-electron chi connectivity index (χ1n) is 8.02. The maximum Gasteiger partial charge on any atom is 0.233 e. The molecule has 0 saturated carbocycles. The van der Waals surface area contributed by atoms with Crippen molar-refractivity contribution >= 4 is 11.7 Å². The van der Waals surface area contributed by atoms with Gasteiger partial charge in [0.25, 0.3) is 0 Å². The largest absolute Gasteiger partial charge is 0.487 e. The van der Waals surface area contributed by atoms with E-state index in [0.29, 0.717) is 6.61 Å². The molecule has 0 N–H and O–H groups in total. The predicted molar refractivity (Wildman–Crippen MR) is 89.4 cm³/mol. The Morgan fingerprint density at radius 3 is 2.65 bits per heavy atom. The summed E-state index contributed by atoms with van der Waals surface area (Å²) in [5, 5.41) is 4.58. The molecule has 0 unspecified atom stereocenters. The van der Waals surface area contributed by atoms with Crippen molar-refractivity contribution in [3.63, 3.8) is 0 Å². The summed E-state index contributed by atoms with van der Waals surface area (Å²) in [4.78, 5) is 14.5. The minimum atomic E-state index is -0.396. The number of hydrogen-bond donors (Lipinski definition) is 0. The maximum atomic E-state index is 12.6. The Balaban J connectivity index is 1.77. The van der Waals surface area contributed by atoms with Gasteiger partial charge in [0.2, 0.25) is 5.91 Å². The zero-order valence-electron chi connectivity index (χ0n) is 14.0. The number of benzene rings is 1. The van der Waals surface area contributed by atoms with Crippen LogP contribution in [-0.2, 0) is 17.9 Å². The minimum absolute atomic E-state index is 0.133. The maximum absolute atomic E-state index is 12.6. The van der Waals surface area contributed by atoms with E-state index in [-0.39, 0.29) is 5.91 Å². The lowest BCUT2D eigenvalue weighted by Crippen LogP contribution is -2.43. The average Bonchev–Trinajstić information content (AvgIpc) is 2.95. The highest BCUT2D eigenvalue weighted by atomic mass is 16.5. The van der Waals surface area contributed by atoms with E-state index in [4.69, 9.17) is 4.74 Å². The van der Waals surface area contributed by atoms with Crippen LogP contribution in [0.1, 0.15) is 32.9 Å². The fraction of sp³-hybridized carbons (Fsp3) is 0.444. The molecule has 1 amide bonds. The molecule has 2 aromatic rings. The molecule has 0 fully saturated rings. The Bertz CT molecular complexity index is 686. The summed E-state index contributed by atoms with van der Waals surface area (Å²) in [6, 6.07) is 11.6. The van der Waals surface area contributed by atoms with Crippen molar-refractivity contribution in [1.82, 2.24) is 9.78 Å². The van der Waals surface area contributed by atoms with Crippen LogP contribution in [-0.4, -0.2) is 22.2 Å². The van der Waals surface area contributed by atoms with Crippen molar-refractivity contribution in [2.75, 3.05) is 11.4 Å². The molecule has 0 bridgehead atoms. The second-order valence-electron chi connectivity index (χ2n) is 6.88. The van der Waals surface area contributed by atoms with Gasteiger partial charge in [-0.1, -0.05) is 39.0 Å². The number of aryl methyl sites for hydroxylation is 1. The van der Waals surface area contributed by atoms with Gasteiger partial charge in [-0.2, -0.15) is 5.10 Å². The first kappa shape index (κ1) is 15.6. The van der Waals surface area contributed by atoms with E-state index < -0.39 is 5.41 Å². The van der Waals surface area contributed by atoms with Crippen molar-refractivity contribution in [2.45, 2.75) is 40.3 Å². The molecular formula is C18H23N3O2. The van der Waals surface area contributed by atoms with E-state index in [1.807, 2.05) is 66.8 Å². The fourth-order valence-electron chi connectivity index (χ4n) is 2.69. The molecule has 0 saturated heterocycles. The molecule has 1 aliphatic rings. The molecule has 0 aliphatic carbocycles. The van der Waals surface area contributed by atoms with Gasteiger partial charge in [-0.15, -0.1) is 0 Å². The molecule has 2 heterocycles. The summed E-state index contributed by atoms with van der Waals surface area (Å²) in [5.74, 6) is 1.83. The number of hydrogen-bond acceptors (Lipinski definition) is 3. The highest BCUT2D eigenvalue weighted by molar-refractivity contribution is 5.96. The smallest absolute Gasteiger partial charge is 0.233 e. The van der Waals surface area contributed by atoms with Gasteiger partial charge in [-0.25, -0.2) is 4.68 Å². The summed E-state index contributed by atoms with van der Waals surface area (Å²) >= 11 is 0. The van der Waals surface area contributed by atoms with Crippen molar-refractivity contribution in [3.8, 4) is 5.75 Å². The van der Waals surface area contributed by atoms with Crippen molar-refractivity contribution in [1.29, 1.82) is 0 Å². The number of amides is 1. The van der Waals surface area contributed by atoms with Crippen LogP contribution < -0.4 is 9.64 Å². The zero-order chi connectivity index (χ0) is 16.4. The van der Waals surface area contributed by atoms with E-state index in [2.05, 4.69) is 5.10 Å². The third-order valence-corrected chi connectivity index (χ3v) is 3.85. The van der Waals surface area contributed by atoms with Crippen LogP contribution in [0.25, 0.3) is 0 Å². The monoisotopic (exact) mass is 313 g/mol. The number of anilines is 1. The van der Waals surface area contributed by atoms with Gasteiger partial charge in [0.05, 0.1) is 0 Å². The lowest BCUT2D eigenvalue weighted by atomic mass is 9.94. The Morgan fingerprint density at radius 1 is 1.22 bits per heavy atom. The van der Waals surface area contributed by atoms with Gasteiger partial charge in [-0.3, -0.25) is 9.69 Å². The van der Waals surface area contributed by atoms with Gasteiger partial charge in [0.1, 0.15) is 23.9 Å². The van der Waals surface area contributed by atoms with Crippen molar-refractivity contribution < 1.29 is 9.53 Å². The normalized spacial score (nSPS) is 14.5. The van der Waals surface area contributed by atoms with Crippen LogP contribution >= 0.6 is 0 Å². The molecule has 0 atom stereocenters. The standard InChI is InChI=1S/C18H23N3O2/c1-18(2,3)17(22)20-10-7-11-21-16(20)12-14(19-21)13-23-15-8-5-4-6-9-15/h4-6,8-9,12H,7,10-11,13H2,1-3H3. The quantitative estimate of drug-likeness (QED) is 0.874. The number of carbonyl (C=O) groups is 1. The molecule has 122 valence electrons. The number of para-hydroxylation sites is 1. The van der Waals surface area contributed by atoms with Crippen LogP contribution in [0.4, 0.5) is 5.82 Å². The summed E-state index contributed by atoms with van der Waals surface area (Å²) < 4.78 is 7.67. The third-order valence-electron chi connectivity index (χ3n) is 3.85. The first-order valence-corrected chi connectivity index (χ1v) is 8.02. The predicted octanol–water partition coefficient (Wildman–Crippen LogP) is 3.24. The summed E-state index contributed by atoms with van der Waals surface area (Å²) in [5.41, 5.74) is 0.449. The fourth-order valence-corrected chi connectivity index (χ4v) is 2.69. The minimum Gasteiger partial charge on any atom is -0.487 e. The second kappa shape index (κ2) is 6.07. The van der Waals surface area contributed by atoms with E-state index in [1.54, 1.807) is 0 Å². The van der Waals surface area contributed by atoms with Crippen LogP contribution in [0.5, 0.6) is 5.75 Å². The molecule has 0 radical (unpaired) electrons. The molecule has 23 heavy (non-hydrogen) atoms. The van der Waals surface area contributed by atoms with Crippen molar-refractivity contribution in [3.05, 3.63) is 42.1 Å². The zero-order valence-corrected chi connectivity index (χ0v) is 14.0. The van der Waals surface area contributed by atoms with E-state index in [9.17, 15) is 4.79 Å². The highest BCUT2D eigenvalue weighted by Gasteiger charge is 2.32. The third kappa shape index (κ3) is 3.38. The molecule has 5 nitrogen and oxygen atoms in total. The van der Waals surface area contributed by atoms with E-state index >= 15 is 0 Å². The lowest BCUT2D eigenvalue weighted by molar-refractivity contribution is -0.126. The van der Waals surface area contributed by atoms with Crippen LogP contribution in [0, 0.1) is 5.41 Å². The Labute approximate surface area is 136 Å². The Hall–Kier alpha value is -2.30. The Kier molecular flexibility index (Phi) is 4.11. The number of rotatable bonds is 3. The van der Waals surface area contributed by atoms with E-state index in [1.165, 1.54) is 0 Å². The number of nitrogens with zero attached hydrogens (tertiary/aromatic N) is 3. The van der Waals surface area contributed by atoms with Crippen LogP contribution in [0.15, 0.2) is 36.4 Å². The number of carbonyl (C=O) groups excluding carboxylic acids is 1. The van der Waals surface area contributed by atoms with Crippen molar-refractivity contribution in [2.24, 2.45) is 5.41 Å². The molecule has 1 aromatic heterocycles. The number of aromatic nitrogens is 2. The first-order chi connectivity index (χ1) is 10.9.